The number of para-hydroxylation sites is 2. The van der Waals surface area contributed by atoms with Gasteiger partial charge in [0.2, 0.25) is 5.69 Å². The summed E-state index contributed by atoms with van der Waals surface area (Å²) < 4.78 is 0. The minimum Gasteiger partial charge on any atom is -0.559 e. The van der Waals surface area contributed by atoms with Crippen LogP contribution in [-0.4, -0.2) is 10.4 Å². The number of hydrogen-bond donors (Lipinski definition) is 3. The maximum absolute atomic E-state index is 13.7. The zero-order chi connectivity index (χ0) is 28.0. The van der Waals surface area contributed by atoms with Gasteiger partial charge in [0.05, 0.1) is 11.1 Å². The Morgan fingerprint density at radius 3 is 1.24 bits per heavy atom. The molecule has 0 radical (unpaired) electrons. The molecule has 3 N–H and O–H groups in total. The van der Waals surface area contributed by atoms with Crippen LogP contribution in [0.25, 0.3) is 55.6 Å². The highest BCUT2D eigenvalue weighted by Gasteiger charge is 2.38. The molecule has 0 spiro atoms. The average molecular weight is 535 g/mol. The van der Waals surface area contributed by atoms with Crippen molar-refractivity contribution in [3.05, 3.63) is 145 Å². The van der Waals surface area contributed by atoms with Crippen molar-refractivity contribution < 1.29 is 10.4 Å². The quantitative estimate of drug-likeness (QED) is 0.155. The summed E-state index contributed by atoms with van der Waals surface area (Å²) in [6.45, 7) is 0. The Balaban J connectivity index is 1.83. The van der Waals surface area contributed by atoms with Crippen LogP contribution in [0.15, 0.2) is 140 Å². The van der Waals surface area contributed by atoms with E-state index in [1.54, 1.807) is 0 Å². The Kier molecular flexibility index (Phi) is 6.00. The first-order chi connectivity index (χ1) is 20.0. The highest BCUT2D eigenvalue weighted by molar-refractivity contribution is 6.17. The molecular formula is C36H26N2O3. The van der Waals surface area contributed by atoms with Gasteiger partial charge in [0.15, 0.2) is 0 Å². The summed E-state index contributed by atoms with van der Waals surface area (Å²) in [6.07, 6.45) is 0. The van der Waals surface area contributed by atoms with Crippen molar-refractivity contribution in [1.29, 1.82) is 0 Å². The lowest BCUT2D eigenvalue weighted by Gasteiger charge is -2.32. The monoisotopic (exact) mass is 534 g/mol. The van der Waals surface area contributed by atoms with E-state index < -0.39 is 4.97 Å². The normalized spacial score (nSPS) is 12.0. The molecule has 5 heteroatoms. The minimum atomic E-state index is -2.59. The SMILES string of the molecule is [O-][N+](O)(O)c1c(-c2ccccc2)c(-c2ccccc2)c(-c2ccccc2)c2c1-c1ccccc1Nc1ccccc1-2. The van der Waals surface area contributed by atoms with Gasteiger partial charge in [-0.3, -0.25) is 0 Å². The number of benzene rings is 6. The largest absolute Gasteiger partial charge is 0.559 e. The van der Waals surface area contributed by atoms with Crippen LogP contribution in [0.3, 0.4) is 0 Å². The van der Waals surface area contributed by atoms with Gasteiger partial charge in [-0.25, -0.2) is 0 Å². The third kappa shape index (κ3) is 4.21. The fourth-order valence-corrected chi connectivity index (χ4v) is 6.00. The Morgan fingerprint density at radius 2 is 0.780 bits per heavy atom. The Hall–Kier alpha value is -5.04. The van der Waals surface area contributed by atoms with Crippen LogP contribution >= 0.6 is 0 Å². The summed E-state index contributed by atoms with van der Waals surface area (Å²) in [6, 6.07) is 45.0. The van der Waals surface area contributed by atoms with E-state index in [0.29, 0.717) is 22.3 Å². The number of anilines is 2. The van der Waals surface area contributed by atoms with E-state index in [1.165, 1.54) is 0 Å². The van der Waals surface area contributed by atoms with Crippen LogP contribution in [0.4, 0.5) is 17.1 Å². The first-order valence-corrected chi connectivity index (χ1v) is 13.4. The Bertz CT molecular complexity index is 1880. The van der Waals surface area contributed by atoms with Crippen molar-refractivity contribution in [2.24, 2.45) is 0 Å². The predicted molar refractivity (Wildman–Crippen MR) is 166 cm³/mol. The summed E-state index contributed by atoms with van der Waals surface area (Å²) in [7, 11) is 0. The van der Waals surface area contributed by atoms with Crippen LogP contribution in [0.1, 0.15) is 0 Å². The summed E-state index contributed by atoms with van der Waals surface area (Å²) >= 11 is 0. The van der Waals surface area contributed by atoms with E-state index >= 15 is 0 Å². The highest BCUT2D eigenvalue weighted by atomic mass is 17.1. The Labute approximate surface area is 237 Å². The summed E-state index contributed by atoms with van der Waals surface area (Å²) in [5.74, 6) is 0. The van der Waals surface area contributed by atoms with Crippen molar-refractivity contribution in [3.8, 4) is 55.6 Å². The van der Waals surface area contributed by atoms with E-state index in [-0.39, 0.29) is 5.69 Å². The third-order valence-corrected chi connectivity index (χ3v) is 7.61. The van der Waals surface area contributed by atoms with Gasteiger partial charge in [-0.05, 0) is 39.4 Å². The molecule has 0 aliphatic carbocycles. The second kappa shape index (κ2) is 9.86. The van der Waals surface area contributed by atoms with Crippen molar-refractivity contribution >= 4 is 17.1 Å². The lowest BCUT2D eigenvalue weighted by molar-refractivity contribution is -0.251. The van der Waals surface area contributed by atoms with Crippen molar-refractivity contribution in [3.63, 3.8) is 0 Å². The molecule has 1 aliphatic rings. The third-order valence-electron chi connectivity index (χ3n) is 7.61. The maximum atomic E-state index is 13.7. The smallest absolute Gasteiger partial charge is 0.216 e. The zero-order valence-corrected chi connectivity index (χ0v) is 22.0. The lowest BCUT2D eigenvalue weighted by Crippen LogP contribution is -2.36. The van der Waals surface area contributed by atoms with Crippen LogP contribution < -0.4 is 10.3 Å². The second-order valence-corrected chi connectivity index (χ2v) is 10.1. The number of fused-ring (bicyclic) bond motifs is 5. The number of hydrogen-bond acceptors (Lipinski definition) is 4. The molecule has 7 rings (SSSR count). The van der Waals surface area contributed by atoms with Crippen LogP contribution in [0.5, 0.6) is 0 Å². The fourth-order valence-electron chi connectivity index (χ4n) is 6.00. The molecule has 5 nitrogen and oxygen atoms in total. The minimum absolute atomic E-state index is 0.143. The van der Waals surface area contributed by atoms with E-state index in [4.69, 9.17) is 0 Å². The van der Waals surface area contributed by atoms with E-state index in [9.17, 15) is 15.6 Å². The number of nitrogens with one attached hydrogen (secondary N) is 1. The first kappa shape index (κ1) is 25.0. The molecule has 0 fully saturated rings. The molecule has 0 saturated carbocycles. The van der Waals surface area contributed by atoms with Crippen LogP contribution in [0.2, 0.25) is 0 Å². The van der Waals surface area contributed by atoms with Crippen LogP contribution in [-0.2, 0) is 0 Å². The molecule has 198 valence electrons. The molecule has 0 amide bonds. The average Bonchev–Trinajstić information content (AvgIpc) is 3.15. The molecule has 0 saturated heterocycles. The summed E-state index contributed by atoms with van der Waals surface area (Å²) in [4.78, 5) is -2.59. The number of quaternary nitrogens is 1. The zero-order valence-electron chi connectivity index (χ0n) is 22.0. The molecule has 0 bridgehead atoms. The molecular weight excluding hydrogens is 508 g/mol. The van der Waals surface area contributed by atoms with E-state index in [1.807, 2.05) is 127 Å². The predicted octanol–water partition coefficient (Wildman–Crippen LogP) is 9.66. The summed E-state index contributed by atoms with van der Waals surface area (Å²) in [5, 5.41) is 39.4. The Morgan fingerprint density at radius 1 is 0.415 bits per heavy atom. The molecule has 1 heterocycles. The van der Waals surface area contributed by atoms with E-state index in [2.05, 4.69) is 17.4 Å². The lowest BCUT2D eigenvalue weighted by atomic mass is 9.77. The van der Waals surface area contributed by atoms with Gasteiger partial charge in [0, 0.05) is 33.6 Å². The van der Waals surface area contributed by atoms with Gasteiger partial charge in [-0.15, -0.1) is 0 Å². The molecule has 0 aromatic heterocycles. The molecule has 1 aliphatic heterocycles. The molecule has 41 heavy (non-hydrogen) atoms. The first-order valence-electron chi connectivity index (χ1n) is 13.4. The van der Waals surface area contributed by atoms with Crippen molar-refractivity contribution in [1.82, 2.24) is 4.97 Å². The van der Waals surface area contributed by atoms with Gasteiger partial charge in [-0.1, -0.05) is 127 Å². The molecule has 6 aromatic rings. The maximum Gasteiger partial charge on any atom is 0.216 e. The van der Waals surface area contributed by atoms with E-state index in [0.717, 1.165) is 44.8 Å². The molecule has 0 unspecified atom stereocenters. The second-order valence-electron chi connectivity index (χ2n) is 10.1. The number of rotatable bonds is 4. The number of nitrogens with zero attached hydrogens (tertiary/aromatic N) is 1. The van der Waals surface area contributed by atoms with Gasteiger partial charge >= 0.3 is 0 Å². The van der Waals surface area contributed by atoms with Gasteiger partial charge in [0.1, 0.15) is 0 Å². The van der Waals surface area contributed by atoms with Crippen LogP contribution in [0, 0.1) is 5.21 Å². The highest BCUT2D eigenvalue weighted by Crippen LogP contribution is 2.59. The molecule has 6 aromatic carbocycles. The van der Waals surface area contributed by atoms with Crippen molar-refractivity contribution in [2.45, 2.75) is 0 Å². The molecule has 0 atom stereocenters. The fraction of sp³-hybridized carbons (Fsp3) is 0. The van der Waals surface area contributed by atoms with Gasteiger partial charge in [-0.2, -0.15) is 10.4 Å². The standard InChI is InChI=1S/C36H26N2O3/c39-38(40,41)36-33(26-18-8-3-9-19-26)31(24-14-4-1-5-15-24)32(25-16-6-2-7-17-25)34-27-20-10-12-22-29(27)37-30-23-13-11-21-28(30)35(34)36/h1-23,37,39-40H. The van der Waals surface area contributed by atoms with Gasteiger partial charge < -0.3 is 10.5 Å². The topological polar surface area (TPSA) is 75.5 Å². The van der Waals surface area contributed by atoms with Crippen molar-refractivity contribution in [2.75, 3.05) is 5.32 Å². The van der Waals surface area contributed by atoms with Gasteiger partial charge in [0.25, 0.3) is 0 Å². The summed E-state index contributed by atoms with van der Waals surface area (Å²) in [5.41, 5.74) is 8.84.